The van der Waals surface area contributed by atoms with Gasteiger partial charge in [0.1, 0.15) is 0 Å². The predicted octanol–water partition coefficient (Wildman–Crippen LogP) is 2.55. The van der Waals surface area contributed by atoms with Crippen molar-refractivity contribution in [3.05, 3.63) is 51.3 Å². The summed E-state index contributed by atoms with van der Waals surface area (Å²) >= 11 is 3.53. The molecular weight excluding hydrogens is 304 g/mol. The molecule has 2 rings (SSSR count). The van der Waals surface area contributed by atoms with Gasteiger partial charge in [-0.3, -0.25) is 16.0 Å². The van der Waals surface area contributed by atoms with Crippen LogP contribution in [0.5, 0.6) is 0 Å². The van der Waals surface area contributed by atoms with E-state index in [2.05, 4.69) is 58.5 Å². The lowest BCUT2D eigenvalue weighted by Crippen LogP contribution is -2.31. The molecule has 0 saturated carbocycles. The summed E-state index contributed by atoms with van der Waals surface area (Å²) in [5, 5.41) is 4.24. The average Bonchev–Trinajstić information content (AvgIpc) is 2.71. The zero-order valence-electron chi connectivity index (χ0n) is 11.4. The second-order valence-corrected chi connectivity index (χ2v) is 5.71. The minimum absolute atomic E-state index is 0.0300. The van der Waals surface area contributed by atoms with Crippen molar-refractivity contribution < 1.29 is 0 Å². The zero-order valence-corrected chi connectivity index (χ0v) is 13.0. The minimum Gasteiger partial charge on any atom is -0.271 e. The van der Waals surface area contributed by atoms with Crippen LogP contribution in [-0.4, -0.2) is 9.78 Å². The van der Waals surface area contributed by atoms with Crippen LogP contribution in [0, 0.1) is 13.8 Å². The third-order valence-electron chi connectivity index (χ3n) is 3.40. The monoisotopic (exact) mass is 322 g/mol. The summed E-state index contributed by atoms with van der Waals surface area (Å²) in [6.07, 6.45) is 2.63. The van der Waals surface area contributed by atoms with E-state index in [1.54, 1.807) is 6.20 Å². The molecule has 0 aliphatic carbocycles. The molecule has 1 aromatic heterocycles. The molecule has 1 atom stereocenters. The molecule has 0 aliphatic heterocycles. The van der Waals surface area contributed by atoms with Gasteiger partial charge in [-0.2, -0.15) is 5.10 Å². The fourth-order valence-corrected chi connectivity index (χ4v) is 2.91. The van der Waals surface area contributed by atoms with Gasteiger partial charge in [0.05, 0.1) is 22.4 Å². The Balaban J connectivity index is 2.32. The molecule has 0 fully saturated rings. The van der Waals surface area contributed by atoms with Crippen LogP contribution in [-0.2, 0) is 13.5 Å². The number of hydrogen-bond donors (Lipinski definition) is 2. The lowest BCUT2D eigenvalue weighted by atomic mass is 9.98. The fraction of sp³-hybridized carbons (Fsp3) is 0.357. The summed E-state index contributed by atoms with van der Waals surface area (Å²) in [4.78, 5) is 0. The van der Waals surface area contributed by atoms with Crippen LogP contribution in [0.4, 0.5) is 0 Å². The molecule has 1 unspecified atom stereocenters. The van der Waals surface area contributed by atoms with Crippen LogP contribution in [0.2, 0.25) is 0 Å². The Hall–Kier alpha value is -1.17. The molecule has 102 valence electrons. The lowest BCUT2D eigenvalue weighted by Gasteiger charge is -2.18. The van der Waals surface area contributed by atoms with Crippen molar-refractivity contribution in [3.8, 4) is 0 Å². The van der Waals surface area contributed by atoms with E-state index in [4.69, 9.17) is 5.84 Å². The van der Waals surface area contributed by atoms with Crippen LogP contribution in [0.25, 0.3) is 0 Å². The number of nitrogens with two attached hydrogens (primary N) is 1. The molecule has 19 heavy (non-hydrogen) atoms. The van der Waals surface area contributed by atoms with Crippen molar-refractivity contribution in [1.29, 1.82) is 0 Å². The number of nitrogens with one attached hydrogen (secondary N) is 1. The first kappa shape index (κ1) is 14.2. The van der Waals surface area contributed by atoms with E-state index in [0.29, 0.717) is 0 Å². The highest BCUT2D eigenvalue weighted by atomic mass is 79.9. The number of aromatic nitrogens is 2. The first-order valence-corrected chi connectivity index (χ1v) is 7.02. The van der Waals surface area contributed by atoms with Crippen molar-refractivity contribution in [3.63, 3.8) is 0 Å². The molecule has 5 heteroatoms. The maximum atomic E-state index is 5.73. The normalized spacial score (nSPS) is 12.7. The number of hydrazine groups is 1. The highest BCUT2D eigenvalue weighted by Gasteiger charge is 2.18. The fourth-order valence-electron chi connectivity index (χ4n) is 2.29. The second-order valence-electron chi connectivity index (χ2n) is 4.85. The zero-order chi connectivity index (χ0) is 14.0. The predicted molar refractivity (Wildman–Crippen MR) is 80.6 cm³/mol. The number of aryl methyl sites for hydroxylation is 3. The van der Waals surface area contributed by atoms with Gasteiger partial charge in [0.2, 0.25) is 0 Å². The molecular formula is C14H19BrN4. The van der Waals surface area contributed by atoms with Crippen LogP contribution < -0.4 is 11.3 Å². The molecule has 0 spiro atoms. The Bertz CT molecular complexity index is 557. The summed E-state index contributed by atoms with van der Waals surface area (Å²) in [6, 6.07) is 6.52. The minimum atomic E-state index is 0.0300. The van der Waals surface area contributed by atoms with Crippen molar-refractivity contribution >= 4 is 15.9 Å². The first-order valence-electron chi connectivity index (χ1n) is 6.22. The average molecular weight is 323 g/mol. The van der Waals surface area contributed by atoms with Gasteiger partial charge in [0.25, 0.3) is 0 Å². The van der Waals surface area contributed by atoms with Crippen LogP contribution in [0.3, 0.4) is 0 Å². The third-order valence-corrected chi connectivity index (χ3v) is 4.01. The van der Waals surface area contributed by atoms with Crippen molar-refractivity contribution in [2.75, 3.05) is 0 Å². The van der Waals surface area contributed by atoms with Gasteiger partial charge in [0, 0.05) is 7.05 Å². The summed E-state index contributed by atoms with van der Waals surface area (Å²) in [6.45, 7) is 4.23. The molecule has 0 bridgehead atoms. The van der Waals surface area contributed by atoms with Gasteiger partial charge in [0.15, 0.2) is 0 Å². The lowest BCUT2D eigenvalue weighted by molar-refractivity contribution is 0.506. The topological polar surface area (TPSA) is 55.9 Å². The Morgan fingerprint density at radius 3 is 2.74 bits per heavy atom. The van der Waals surface area contributed by atoms with Gasteiger partial charge in [-0.05, 0) is 47.3 Å². The highest BCUT2D eigenvalue weighted by molar-refractivity contribution is 9.10. The van der Waals surface area contributed by atoms with Gasteiger partial charge < -0.3 is 0 Å². The number of hydrogen-bond acceptors (Lipinski definition) is 3. The Labute approximate surface area is 122 Å². The van der Waals surface area contributed by atoms with Crippen molar-refractivity contribution in [2.45, 2.75) is 26.3 Å². The summed E-state index contributed by atoms with van der Waals surface area (Å²) in [5.74, 6) is 5.73. The number of rotatable bonds is 4. The molecule has 4 nitrogen and oxygen atoms in total. The van der Waals surface area contributed by atoms with E-state index in [9.17, 15) is 0 Å². The van der Waals surface area contributed by atoms with Crippen molar-refractivity contribution in [1.82, 2.24) is 15.2 Å². The largest absolute Gasteiger partial charge is 0.271 e. The van der Waals surface area contributed by atoms with Gasteiger partial charge in [-0.25, -0.2) is 0 Å². The maximum Gasteiger partial charge on any atom is 0.0709 e. The van der Waals surface area contributed by atoms with Crippen molar-refractivity contribution in [2.24, 2.45) is 12.9 Å². The molecule has 1 aromatic carbocycles. The van der Waals surface area contributed by atoms with E-state index < -0.39 is 0 Å². The molecule has 3 N–H and O–H groups in total. The molecule has 1 heterocycles. The standard InChI is InChI=1S/C14H19BrN4/c1-9-4-5-10(2)11(6-9)7-13(18-16)14-12(15)8-17-19(14)3/h4-6,8,13,18H,7,16H2,1-3H3. The van der Waals surface area contributed by atoms with E-state index >= 15 is 0 Å². The summed E-state index contributed by atoms with van der Waals surface area (Å²) < 4.78 is 2.82. The maximum absolute atomic E-state index is 5.73. The SMILES string of the molecule is Cc1ccc(C)c(CC(NN)c2c(Br)cnn2C)c1. The van der Waals surface area contributed by atoms with Gasteiger partial charge in [-0.15, -0.1) is 0 Å². The molecule has 0 radical (unpaired) electrons. The molecule has 0 amide bonds. The Morgan fingerprint density at radius 1 is 1.42 bits per heavy atom. The van der Waals surface area contributed by atoms with E-state index in [-0.39, 0.29) is 6.04 Å². The number of benzene rings is 1. The third kappa shape index (κ3) is 3.05. The summed E-state index contributed by atoms with van der Waals surface area (Å²) in [5.41, 5.74) is 7.80. The van der Waals surface area contributed by atoms with E-state index in [1.807, 2.05) is 11.7 Å². The van der Waals surface area contributed by atoms with Gasteiger partial charge in [-0.1, -0.05) is 23.8 Å². The first-order chi connectivity index (χ1) is 9.02. The Kier molecular flexibility index (Phi) is 4.39. The Morgan fingerprint density at radius 2 is 2.16 bits per heavy atom. The van der Waals surface area contributed by atoms with Crippen LogP contribution in [0.15, 0.2) is 28.9 Å². The van der Waals surface area contributed by atoms with E-state index in [1.165, 1.54) is 16.7 Å². The van der Waals surface area contributed by atoms with Crippen LogP contribution in [0.1, 0.15) is 28.4 Å². The molecule has 2 aromatic rings. The van der Waals surface area contributed by atoms with Gasteiger partial charge >= 0.3 is 0 Å². The second kappa shape index (κ2) is 5.86. The number of nitrogens with zero attached hydrogens (tertiary/aromatic N) is 2. The molecule has 0 saturated heterocycles. The quantitative estimate of drug-likeness (QED) is 0.672. The van der Waals surface area contributed by atoms with E-state index in [0.717, 1.165) is 16.6 Å². The number of halogens is 1. The summed E-state index contributed by atoms with van der Waals surface area (Å²) in [7, 11) is 1.92. The molecule has 0 aliphatic rings. The smallest absolute Gasteiger partial charge is 0.0709 e. The van der Waals surface area contributed by atoms with Crippen LogP contribution >= 0.6 is 15.9 Å². The highest BCUT2D eigenvalue weighted by Crippen LogP contribution is 2.26.